The SMILES string of the molecule is O=C(NO)c1ccc(-c2ccc(F)c(Cl)c2)o1. The number of hydrogen-bond acceptors (Lipinski definition) is 3. The third kappa shape index (κ3) is 2.30. The molecule has 1 aromatic heterocycles. The lowest BCUT2D eigenvalue weighted by molar-refractivity contribution is 0.0677. The van der Waals surface area contributed by atoms with Gasteiger partial charge in [-0.1, -0.05) is 11.6 Å². The molecule has 4 nitrogen and oxygen atoms in total. The molecule has 0 fully saturated rings. The molecule has 0 radical (unpaired) electrons. The second-order valence-corrected chi connectivity index (χ2v) is 3.64. The number of amides is 1. The summed E-state index contributed by atoms with van der Waals surface area (Å²) >= 11 is 5.62. The molecular formula is C11H7ClFNO3. The Bertz CT molecular complexity index is 568. The zero-order valence-corrected chi connectivity index (χ0v) is 9.16. The van der Waals surface area contributed by atoms with E-state index in [1.54, 1.807) is 0 Å². The number of hydrogen-bond donors (Lipinski definition) is 2. The Balaban J connectivity index is 2.37. The van der Waals surface area contributed by atoms with Crippen LogP contribution in [0.25, 0.3) is 11.3 Å². The summed E-state index contributed by atoms with van der Waals surface area (Å²) < 4.78 is 18.1. The summed E-state index contributed by atoms with van der Waals surface area (Å²) in [6, 6.07) is 6.97. The molecule has 0 unspecified atom stereocenters. The first-order valence-corrected chi connectivity index (χ1v) is 4.99. The number of halogens is 2. The van der Waals surface area contributed by atoms with Crippen molar-refractivity contribution >= 4 is 17.5 Å². The van der Waals surface area contributed by atoms with Crippen LogP contribution >= 0.6 is 11.6 Å². The summed E-state index contributed by atoms with van der Waals surface area (Å²) in [4.78, 5) is 11.0. The average molecular weight is 256 g/mol. The first-order valence-electron chi connectivity index (χ1n) is 4.61. The van der Waals surface area contributed by atoms with Gasteiger partial charge in [0.25, 0.3) is 0 Å². The van der Waals surface area contributed by atoms with E-state index in [4.69, 9.17) is 21.2 Å². The summed E-state index contributed by atoms with van der Waals surface area (Å²) in [5, 5.41) is 8.38. The van der Waals surface area contributed by atoms with Crippen molar-refractivity contribution in [2.45, 2.75) is 0 Å². The van der Waals surface area contributed by atoms with E-state index in [2.05, 4.69) is 0 Å². The van der Waals surface area contributed by atoms with Crippen molar-refractivity contribution in [2.75, 3.05) is 0 Å². The minimum absolute atomic E-state index is 0.0351. The van der Waals surface area contributed by atoms with Crippen molar-refractivity contribution in [1.29, 1.82) is 0 Å². The van der Waals surface area contributed by atoms with Gasteiger partial charge in [0.05, 0.1) is 5.02 Å². The molecule has 1 heterocycles. The first-order chi connectivity index (χ1) is 8.11. The number of rotatable bonds is 2. The maximum absolute atomic E-state index is 12.9. The molecule has 1 aromatic carbocycles. The Morgan fingerprint density at radius 3 is 2.76 bits per heavy atom. The van der Waals surface area contributed by atoms with E-state index < -0.39 is 11.7 Å². The Morgan fingerprint density at radius 1 is 1.35 bits per heavy atom. The van der Waals surface area contributed by atoms with Crippen LogP contribution in [0.15, 0.2) is 34.7 Å². The fourth-order valence-electron chi connectivity index (χ4n) is 1.32. The van der Waals surface area contributed by atoms with Gasteiger partial charge in [-0.05, 0) is 30.3 Å². The van der Waals surface area contributed by atoms with E-state index in [1.165, 1.54) is 35.8 Å². The molecule has 0 spiro atoms. The van der Waals surface area contributed by atoms with Crippen molar-refractivity contribution in [3.05, 3.63) is 46.9 Å². The fourth-order valence-corrected chi connectivity index (χ4v) is 1.50. The van der Waals surface area contributed by atoms with Crippen LogP contribution < -0.4 is 5.48 Å². The van der Waals surface area contributed by atoms with Gasteiger partial charge in [-0.2, -0.15) is 0 Å². The Hall–Kier alpha value is -1.85. The Kier molecular flexibility index (Phi) is 3.12. The second kappa shape index (κ2) is 4.57. The van der Waals surface area contributed by atoms with Crippen molar-refractivity contribution < 1.29 is 18.8 Å². The smallest absolute Gasteiger partial charge is 0.310 e. The van der Waals surface area contributed by atoms with E-state index in [9.17, 15) is 9.18 Å². The highest BCUT2D eigenvalue weighted by Crippen LogP contribution is 2.26. The maximum Gasteiger partial charge on any atom is 0.310 e. The van der Waals surface area contributed by atoms with Crippen molar-refractivity contribution in [1.82, 2.24) is 5.48 Å². The van der Waals surface area contributed by atoms with Crippen molar-refractivity contribution in [3.8, 4) is 11.3 Å². The lowest BCUT2D eigenvalue weighted by Gasteiger charge is -1.99. The Morgan fingerprint density at radius 2 is 2.12 bits per heavy atom. The van der Waals surface area contributed by atoms with Crippen LogP contribution in [0.1, 0.15) is 10.6 Å². The third-order valence-corrected chi connectivity index (χ3v) is 2.43. The summed E-state index contributed by atoms with van der Waals surface area (Å²) in [6.45, 7) is 0. The quantitative estimate of drug-likeness (QED) is 0.641. The predicted molar refractivity (Wildman–Crippen MR) is 58.4 cm³/mol. The first kappa shape index (κ1) is 11.6. The summed E-state index contributed by atoms with van der Waals surface area (Å²) in [5.41, 5.74) is 1.98. The van der Waals surface area contributed by atoms with Crippen LogP contribution in [-0.4, -0.2) is 11.1 Å². The lowest BCUT2D eigenvalue weighted by atomic mass is 10.2. The van der Waals surface area contributed by atoms with Crippen LogP contribution in [0, 0.1) is 5.82 Å². The van der Waals surface area contributed by atoms with Gasteiger partial charge in [0.2, 0.25) is 0 Å². The molecule has 0 aliphatic rings. The second-order valence-electron chi connectivity index (χ2n) is 3.23. The molecule has 1 amide bonds. The number of carbonyl (C=O) groups is 1. The lowest BCUT2D eigenvalue weighted by Crippen LogP contribution is -2.17. The average Bonchev–Trinajstić information content (AvgIpc) is 2.81. The van der Waals surface area contributed by atoms with E-state index in [1.807, 2.05) is 0 Å². The van der Waals surface area contributed by atoms with Crippen LogP contribution in [0.2, 0.25) is 5.02 Å². The monoisotopic (exact) mass is 255 g/mol. The largest absolute Gasteiger partial charge is 0.451 e. The van der Waals surface area contributed by atoms with Crippen LogP contribution in [0.3, 0.4) is 0 Å². The normalized spacial score (nSPS) is 10.3. The van der Waals surface area contributed by atoms with Gasteiger partial charge in [0.1, 0.15) is 11.6 Å². The molecule has 88 valence electrons. The van der Waals surface area contributed by atoms with Gasteiger partial charge >= 0.3 is 5.91 Å². The zero-order chi connectivity index (χ0) is 12.4. The van der Waals surface area contributed by atoms with E-state index >= 15 is 0 Å². The molecule has 2 aromatic rings. The minimum Gasteiger partial charge on any atom is -0.451 e. The fraction of sp³-hybridized carbons (Fsp3) is 0. The standard InChI is InChI=1S/C11H7ClFNO3/c12-7-5-6(1-2-8(7)13)9-3-4-10(17-9)11(15)14-16/h1-5,16H,(H,14,15). The van der Waals surface area contributed by atoms with Gasteiger partial charge in [-0.3, -0.25) is 10.0 Å². The van der Waals surface area contributed by atoms with Gasteiger partial charge in [-0.15, -0.1) is 0 Å². The minimum atomic E-state index is -0.760. The molecule has 0 saturated heterocycles. The number of hydroxylamine groups is 1. The summed E-state index contributed by atoms with van der Waals surface area (Å²) in [5.74, 6) is -0.992. The van der Waals surface area contributed by atoms with Gasteiger partial charge in [0.15, 0.2) is 5.76 Å². The highest BCUT2D eigenvalue weighted by Gasteiger charge is 2.12. The molecule has 6 heteroatoms. The molecule has 0 aliphatic carbocycles. The number of benzene rings is 1. The topological polar surface area (TPSA) is 62.5 Å². The molecule has 2 rings (SSSR count). The van der Waals surface area contributed by atoms with Crippen LogP contribution in [0.5, 0.6) is 0 Å². The molecule has 0 saturated carbocycles. The zero-order valence-electron chi connectivity index (χ0n) is 8.41. The van der Waals surface area contributed by atoms with Crippen LogP contribution in [-0.2, 0) is 0 Å². The van der Waals surface area contributed by atoms with Gasteiger partial charge in [-0.25, -0.2) is 9.87 Å². The number of carbonyl (C=O) groups excluding carboxylic acids is 1. The molecule has 2 N–H and O–H groups in total. The predicted octanol–water partition coefficient (Wildman–Crippen LogP) is 2.86. The highest BCUT2D eigenvalue weighted by atomic mass is 35.5. The number of furan rings is 1. The highest BCUT2D eigenvalue weighted by molar-refractivity contribution is 6.31. The van der Waals surface area contributed by atoms with Gasteiger partial charge < -0.3 is 4.42 Å². The van der Waals surface area contributed by atoms with Crippen molar-refractivity contribution in [2.24, 2.45) is 0 Å². The third-order valence-electron chi connectivity index (χ3n) is 2.14. The van der Waals surface area contributed by atoms with E-state index in [0.717, 1.165) is 0 Å². The molecule has 0 aliphatic heterocycles. The summed E-state index contributed by atoms with van der Waals surface area (Å²) in [6.07, 6.45) is 0. The molecule has 0 atom stereocenters. The Labute approximate surface area is 101 Å². The van der Waals surface area contributed by atoms with Crippen LogP contribution in [0.4, 0.5) is 4.39 Å². The molecular weight excluding hydrogens is 249 g/mol. The summed E-state index contributed by atoms with van der Waals surface area (Å²) in [7, 11) is 0. The van der Waals surface area contributed by atoms with E-state index in [0.29, 0.717) is 11.3 Å². The van der Waals surface area contributed by atoms with Crippen molar-refractivity contribution in [3.63, 3.8) is 0 Å². The molecule has 17 heavy (non-hydrogen) atoms. The maximum atomic E-state index is 12.9. The van der Waals surface area contributed by atoms with E-state index in [-0.39, 0.29) is 10.8 Å². The van der Waals surface area contributed by atoms with Gasteiger partial charge in [0, 0.05) is 5.56 Å². The molecule has 0 bridgehead atoms. The number of nitrogens with one attached hydrogen (secondary N) is 1.